The number of nitrogens with one attached hydrogen (secondary N) is 1. The number of carbonyl (C=O) groups is 2. The highest BCUT2D eigenvalue weighted by molar-refractivity contribution is 7.88. The van der Waals surface area contributed by atoms with Gasteiger partial charge < -0.3 is 19.5 Å². The van der Waals surface area contributed by atoms with Crippen LogP contribution in [-0.4, -0.2) is 67.5 Å². The second-order valence-electron chi connectivity index (χ2n) is 11.7. The number of rotatable bonds is 12. The van der Waals surface area contributed by atoms with Gasteiger partial charge in [0.25, 0.3) is 5.69 Å². The number of sulfonamides is 1. The van der Waals surface area contributed by atoms with Crippen molar-refractivity contribution in [2.24, 2.45) is 0 Å². The lowest BCUT2D eigenvalue weighted by molar-refractivity contribution is -0.384. The van der Waals surface area contributed by atoms with Crippen molar-refractivity contribution >= 4 is 56.3 Å². The average Bonchev–Trinajstić information content (AvgIpc) is 3.32. The largest absolute Gasteiger partial charge is 0.479 e. The van der Waals surface area contributed by atoms with E-state index in [1.54, 1.807) is 27.7 Å². The molecule has 3 aromatic rings. The summed E-state index contributed by atoms with van der Waals surface area (Å²) in [6.07, 6.45) is 0.762. The van der Waals surface area contributed by atoms with E-state index in [1.165, 1.54) is 46.8 Å². The number of esters is 2. The van der Waals surface area contributed by atoms with Crippen LogP contribution >= 0.6 is 22.9 Å². The zero-order valence-corrected chi connectivity index (χ0v) is 28.6. The zero-order chi connectivity index (χ0) is 34.5. The number of piperidine rings is 1. The quantitative estimate of drug-likeness (QED) is 0.126. The van der Waals surface area contributed by atoms with Crippen LogP contribution in [0.15, 0.2) is 42.5 Å². The summed E-state index contributed by atoms with van der Waals surface area (Å²) in [5.41, 5.74) is -0.0737. The average molecular weight is 712 g/mol. The van der Waals surface area contributed by atoms with Crippen molar-refractivity contribution in [2.45, 2.75) is 57.9 Å². The molecule has 1 aliphatic rings. The molecule has 2 heterocycles. The number of nitro groups is 1. The van der Waals surface area contributed by atoms with Crippen LogP contribution in [0, 0.1) is 15.9 Å². The number of anilines is 1. The Morgan fingerprint density at radius 1 is 1.17 bits per heavy atom. The van der Waals surface area contributed by atoms with Crippen molar-refractivity contribution in [1.29, 1.82) is 0 Å². The standard InChI is InChI=1S/C31H35ClFN3O9S2/c1-5-43-25(37)17-44-27-26(32)28(46-29(27)30(38)45-31(2,3)4)20-9-10-23(33)24(16-20)34-21-11-13-35(14-12-21)47(41,42)18-19-7-6-8-22(15-19)36(39)40/h6-10,15-16,21,34H,5,11-14,17-18H2,1-4H3. The van der Waals surface area contributed by atoms with E-state index in [0.29, 0.717) is 28.8 Å². The first-order valence-electron chi connectivity index (χ1n) is 14.7. The summed E-state index contributed by atoms with van der Waals surface area (Å²) in [5, 5.41) is 14.3. The number of ether oxygens (including phenoxy) is 3. The van der Waals surface area contributed by atoms with Gasteiger partial charge in [0, 0.05) is 31.3 Å². The molecule has 1 N–H and O–H groups in total. The Labute approximate surface area is 281 Å². The van der Waals surface area contributed by atoms with Crippen LogP contribution in [0.1, 0.15) is 55.8 Å². The number of carbonyl (C=O) groups excluding carboxylic acids is 2. The fourth-order valence-corrected chi connectivity index (χ4v) is 7.83. The van der Waals surface area contributed by atoms with Gasteiger partial charge >= 0.3 is 11.9 Å². The summed E-state index contributed by atoms with van der Waals surface area (Å²) in [5.74, 6) is -2.33. The topological polar surface area (TPSA) is 154 Å². The van der Waals surface area contributed by atoms with E-state index in [1.807, 2.05) is 0 Å². The minimum absolute atomic E-state index is 0.0294. The second kappa shape index (κ2) is 15.0. The van der Waals surface area contributed by atoms with Gasteiger partial charge in [0.15, 0.2) is 17.2 Å². The number of nitrogens with zero attached hydrogens (tertiary/aromatic N) is 2. The maximum Gasteiger partial charge on any atom is 0.352 e. The number of hydrogen-bond acceptors (Lipinski definition) is 11. The number of non-ortho nitro benzene ring substituents is 1. The molecule has 12 nitrogen and oxygen atoms in total. The smallest absolute Gasteiger partial charge is 0.352 e. The van der Waals surface area contributed by atoms with Crippen LogP contribution in [0.4, 0.5) is 15.8 Å². The molecule has 0 unspecified atom stereocenters. The Kier molecular flexibility index (Phi) is 11.5. The third kappa shape index (κ3) is 9.40. The normalized spacial score (nSPS) is 14.4. The molecule has 0 radical (unpaired) electrons. The molecule has 1 aliphatic heterocycles. The van der Waals surface area contributed by atoms with E-state index >= 15 is 4.39 Å². The number of thiophene rings is 1. The van der Waals surface area contributed by atoms with Crippen molar-refractivity contribution < 1.29 is 41.5 Å². The molecule has 47 heavy (non-hydrogen) atoms. The zero-order valence-electron chi connectivity index (χ0n) is 26.2. The lowest BCUT2D eigenvalue weighted by atomic mass is 10.1. The third-order valence-corrected chi connectivity index (χ3v) is 10.5. The van der Waals surface area contributed by atoms with Crippen LogP contribution in [0.3, 0.4) is 0 Å². The van der Waals surface area contributed by atoms with Crippen LogP contribution < -0.4 is 10.1 Å². The molecule has 0 aliphatic carbocycles. The van der Waals surface area contributed by atoms with Gasteiger partial charge in [-0.25, -0.2) is 26.7 Å². The van der Waals surface area contributed by atoms with E-state index in [2.05, 4.69) is 5.32 Å². The number of benzene rings is 2. The van der Waals surface area contributed by atoms with E-state index < -0.39 is 44.9 Å². The molecule has 254 valence electrons. The second-order valence-corrected chi connectivity index (χ2v) is 15.1. The van der Waals surface area contributed by atoms with E-state index in [9.17, 15) is 28.1 Å². The molecule has 2 aromatic carbocycles. The number of hydrogen-bond donors (Lipinski definition) is 1. The Bertz CT molecular complexity index is 1750. The van der Waals surface area contributed by atoms with E-state index in [0.717, 1.165) is 11.3 Å². The van der Waals surface area contributed by atoms with Gasteiger partial charge in [-0.2, -0.15) is 0 Å². The first kappa shape index (κ1) is 36.1. The Hall–Kier alpha value is -3.79. The van der Waals surface area contributed by atoms with Gasteiger partial charge in [0.2, 0.25) is 10.0 Å². The summed E-state index contributed by atoms with van der Waals surface area (Å²) in [7, 11) is -3.75. The molecule has 0 saturated carbocycles. The summed E-state index contributed by atoms with van der Waals surface area (Å²) in [6, 6.07) is 9.53. The van der Waals surface area contributed by atoms with Crippen LogP contribution in [0.2, 0.25) is 5.02 Å². The van der Waals surface area contributed by atoms with E-state index in [-0.39, 0.29) is 58.5 Å². The maximum absolute atomic E-state index is 15.0. The maximum atomic E-state index is 15.0. The lowest BCUT2D eigenvalue weighted by Crippen LogP contribution is -2.42. The molecule has 16 heteroatoms. The van der Waals surface area contributed by atoms with Gasteiger partial charge in [-0.05, 0) is 63.8 Å². The summed E-state index contributed by atoms with van der Waals surface area (Å²) >= 11 is 7.66. The first-order chi connectivity index (χ1) is 22.1. The number of halogens is 2. The van der Waals surface area contributed by atoms with E-state index in [4.69, 9.17) is 25.8 Å². The Morgan fingerprint density at radius 2 is 1.87 bits per heavy atom. The Morgan fingerprint density at radius 3 is 2.51 bits per heavy atom. The first-order valence-corrected chi connectivity index (χ1v) is 17.5. The molecular weight excluding hydrogens is 677 g/mol. The third-order valence-electron chi connectivity index (χ3n) is 6.94. The van der Waals surface area contributed by atoms with Gasteiger partial charge in [0.1, 0.15) is 16.4 Å². The van der Waals surface area contributed by atoms with Crippen molar-refractivity contribution in [2.75, 3.05) is 31.6 Å². The van der Waals surface area contributed by atoms with Gasteiger partial charge in [-0.3, -0.25) is 10.1 Å². The monoisotopic (exact) mass is 711 g/mol. The molecule has 0 atom stereocenters. The minimum atomic E-state index is -3.75. The van der Waals surface area contributed by atoms with Crippen LogP contribution in [-0.2, 0) is 30.0 Å². The van der Waals surface area contributed by atoms with Gasteiger partial charge in [-0.1, -0.05) is 29.8 Å². The van der Waals surface area contributed by atoms with Crippen molar-refractivity contribution in [1.82, 2.24) is 4.31 Å². The summed E-state index contributed by atoms with van der Waals surface area (Å²) in [6.45, 7) is 6.76. The molecule has 1 fully saturated rings. The fourth-order valence-electron chi connectivity index (χ4n) is 4.84. The van der Waals surface area contributed by atoms with Crippen LogP contribution in [0.25, 0.3) is 10.4 Å². The molecule has 0 bridgehead atoms. The van der Waals surface area contributed by atoms with Gasteiger partial charge in [-0.15, -0.1) is 11.3 Å². The minimum Gasteiger partial charge on any atom is -0.479 e. The fraction of sp³-hybridized carbons (Fsp3) is 0.419. The molecule has 1 aromatic heterocycles. The predicted molar refractivity (Wildman–Crippen MR) is 176 cm³/mol. The Balaban J connectivity index is 1.50. The molecule has 1 saturated heterocycles. The lowest BCUT2D eigenvalue weighted by Gasteiger charge is -2.32. The highest BCUT2D eigenvalue weighted by Gasteiger charge is 2.31. The summed E-state index contributed by atoms with van der Waals surface area (Å²) in [4.78, 5) is 35.9. The molecule has 4 rings (SSSR count). The number of nitro benzene ring substituents is 1. The molecule has 0 amide bonds. The predicted octanol–water partition coefficient (Wildman–Crippen LogP) is 6.42. The summed E-state index contributed by atoms with van der Waals surface area (Å²) < 4.78 is 58.5. The highest BCUT2D eigenvalue weighted by atomic mass is 35.5. The SMILES string of the molecule is CCOC(=O)COc1c(C(=O)OC(C)(C)C)sc(-c2ccc(F)c(NC3CCN(S(=O)(=O)Cc4cccc([N+](=O)[O-])c4)CC3)c2)c1Cl. The van der Waals surface area contributed by atoms with Crippen molar-refractivity contribution in [3.8, 4) is 16.2 Å². The molecule has 0 spiro atoms. The highest BCUT2D eigenvalue weighted by Crippen LogP contribution is 2.47. The van der Waals surface area contributed by atoms with Crippen molar-refractivity contribution in [3.63, 3.8) is 0 Å². The van der Waals surface area contributed by atoms with Gasteiger partial charge in [0.05, 0.1) is 27.8 Å². The van der Waals surface area contributed by atoms with Crippen LogP contribution in [0.5, 0.6) is 5.75 Å². The van der Waals surface area contributed by atoms with Crippen molar-refractivity contribution in [3.05, 3.63) is 73.9 Å². The molecular formula is C31H35ClFN3O9S2.